The van der Waals surface area contributed by atoms with Crippen molar-refractivity contribution in [1.82, 2.24) is 0 Å². The van der Waals surface area contributed by atoms with Crippen molar-refractivity contribution in [2.24, 2.45) is 0 Å². The van der Waals surface area contributed by atoms with Crippen molar-refractivity contribution in [1.29, 1.82) is 0 Å². The van der Waals surface area contributed by atoms with Gasteiger partial charge >= 0.3 is 0 Å². The number of nitrogen functional groups attached to an aromatic ring is 1. The fourth-order valence-electron chi connectivity index (χ4n) is 0.618. The van der Waals surface area contributed by atoms with E-state index >= 15 is 0 Å². The lowest BCUT2D eigenvalue weighted by Gasteiger charge is -2.03. The molecular formula is C8H10IN. The Morgan fingerprint density at radius 3 is 2.30 bits per heavy atom. The van der Waals surface area contributed by atoms with E-state index in [-0.39, 0.29) is 16.8 Å². The van der Waals surface area contributed by atoms with Crippen LogP contribution in [0.5, 0.6) is 0 Å². The molecule has 0 saturated carbocycles. The minimum absolute atomic E-state index is 0.106. The molecule has 0 aromatic heterocycles. The van der Waals surface area contributed by atoms with Gasteiger partial charge in [0.1, 0.15) is 0 Å². The standard InChI is InChI=1S/C8H10IN/c1-5-3-7(9)4-6(2)8(5)10/h3-4H,10H2,1-2H3/i1D3,2D3. The number of hydrogen-bond acceptors (Lipinski definition) is 1. The van der Waals surface area contributed by atoms with Crippen LogP contribution in [0.3, 0.4) is 0 Å². The maximum atomic E-state index is 7.28. The van der Waals surface area contributed by atoms with Crippen LogP contribution in [0, 0.1) is 17.3 Å². The van der Waals surface area contributed by atoms with Gasteiger partial charge in [-0.3, -0.25) is 0 Å². The molecule has 1 aromatic carbocycles. The van der Waals surface area contributed by atoms with Crippen LogP contribution >= 0.6 is 22.6 Å². The summed E-state index contributed by atoms with van der Waals surface area (Å²) in [5, 5.41) is 0. The average Bonchev–Trinajstić information content (AvgIpc) is 2.04. The van der Waals surface area contributed by atoms with Crippen molar-refractivity contribution in [3.63, 3.8) is 0 Å². The van der Waals surface area contributed by atoms with Crippen LogP contribution in [0.1, 0.15) is 19.4 Å². The van der Waals surface area contributed by atoms with Gasteiger partial charge in [-0.05, 0) is 59.6 Å². The molecule has 0 saturated heterocycles. The first-order chi connectivity index (χ1) is 7.03. The Labute approximate surface area is 83.2 Å². The molecule has 2 heteroatoms. The van der Waals surface area contributed by atoms with E-state index in [1.807, 2.05) is 22.6 Å². The Morgan fingerprint density at radius 1 is 1.40 bits per heavy atom. The zero-order chi connectivity index (χ0) is 12.7. The van der Waals surface area contributed by atoms with Gasteiger partial charge in [0.15, 0.2) is 0 Å². The quantitative estimate of drug-likeness (QED) is 0.558. The molecule has 0 aliphatic heterocycles. The summed E-state index contributed by atoms with van der Waals surface area (Å²) >= 11 is 1.87. The lowest BCUT2D eigenvalue weighted by Crippen LogP contribution is -1.93. The molecule has 0 aliphatic carbocycles. The zero-order valence-corrected chi connectivity index (χ0v) is 7.27. The molecule has 0 radical (unpaired) electrons. The summed E-state index contributed by atoms with van der Waals surface area (Å²) < 4.78 is 44.2. The second-order valence-electron chi connectivity index (χ2n) is 1.91. The van der Waals surface area contributed by atoms with Gasteiger partial charge in [-0.15, -0.1) is 0 Å². The summed E-state index contributed by atoms with van der Waals surface area (Å²) in [4.78, 5) is 0. The first kappa shape index (κ1) is 3.01. The Kier molecular flexibility index (Phi) is 0.836. The highest BCUT2D eigenvalue weighted by Gasteiger charge is 1.97. The van der Waals surface area contributed by atoms with Gasteiger partial charge in [0.2, 0.25) is 0 Å². The molecule has 10 heavy (non-hydrogen) atoms. The molecule has 1 aromatic rings. The van der Waals surface area contributed by atoms with Crippen LogP contribution in [0.15, 0.2) is 12.1 Å². The van der Waals surface area contributed by atoms with E-state index in [0.29, 0.717) is 3.57 Å². The lowest BCUT2D eigenvalue weighted by atomic mass is 10.1. The average molecular weight is 253 g/mol. The number of aryl methyl sites for hydroxylation is 2. The van der Waals surface area contributed by atoms with Crippen LogP contribution in [-0.4, -0.2) is 0 Å². The summed E-state index contributed by atoms with van der Waals surface area (Å²) in [5.74, 6) is 0. The number of anilines is 1. The van der Waals surface area contributed by atoms with Crippen LogP contribution < -0.4 is 5.73 Å². The predicted molar refractivity (Wildman–Crippen MR) is 53.0 cm³/mol. The first-order valence-corrected chi connectivity index (χ1v) is 3.71. The molecule has 0 atom stereocenters. The molecule has 0 heterocycles. The Bertz CT molecular complexity index is 373. The van der Waals surface area contributed by atoms with Crippen LogP contribution in [0.25, 0.3) is 0 Å². The van der Waals surface area contributed by atoms with E-state index < -0.39 is 13.7 Å². The summed E-state index contributed by atoms with van der Waals surface area (Å²) in [5.41, 5.74) is 5.22. The van der Waals surface area contributed by atoms with Crippen molar-refractivity contribution in [2.45, 2.75) is 13.7 Å². The third-order valence-electron chi connectivity index (χ3n) is 1.14. The molecule has 1 nitrogen and oxygen atoms in total. The molecular weight excluding hydrogens is 237 g/mol. The molecule has 1 rings (SSSR count). The van der Waals surface area contributed by atoms with E-state index in [1.54, 1.807) is 0 Å². The smallest absolute Gasteiger partial charge is 0.0374 e. The maximum absolute atomic E-state index is 7.28. The second kappa shape index (κ2) is 2.78. The Morgan fingerprint density at radius 2 is 1.90 bits per heavy atom. The van der Waals surface area contributed by atoms with Gasteiger partial charge in [-0.2, -0.15) is 0 Å². The predicted octanol–water partition coefficient (Wildman–Crippen LogP) is 2.49. The monoisotopic (exact) mass is 253 g/mol. The van der Waals surface area contributed by atoms with Gasteiger partial charge in [0.25, 0.3) is 0 Å². The van der Waals surface area contributed by atoms with E-state index in [2.05, 4.69) is 0 Å². The highest BCUT2D eigenvalue weighted by Crippen LogP contribution is 2.19. The molecule has 0 bridgehead atoms. The minimum atomic E-state index is -2.40. The maximum Gasteiger partial charge on any atom is 0.0374 e. The molecule has 0 spiro atoms. The molecule has 2 N–H and O–H groups in total. The zero-order valence-electron chi connectivity index (χ0n) is 11.1. The van der Waals surface area contributed by atoms with E-state index in [0.717, 1.165) is 0 Å². The SMILES string of the molecule is [2H]C([2H])([2H])c1cc(I)cc(C([2H])([2H])[2H])c1N. The van der Waals surface area contributed by atoms with E-state index in [1.165, 1.54) is 12.1 Å². The molecule has 0 aliphatic rings. The fourth-order valence-corrected chi connectivity index (χ4v) is 1.24. The summed E-state index contributed by atoms with van der Waals surface area (Å²) in [6, 6.07) is 2.77. The highest BCUT2D eigenvalue weighted by molar-refractivity contribution is 14.1. The van der Waals surface area contributed by atoms with E-state index in [9.17, 15) is 0 Å². The van der Waals surface area contributed by atoms with Gasteiger partial charge < -0.3 is 5.73 Å². The number of halogens is 1. The highest BCUT2D eigenvalue weighted by atomic mass is 127. The molecule has 54 valence electrons. The third kappa shape index (κ3) is 1.42. The molecule has 0 amide bonds. The normalized spacial score (nSPS) is 21.3. The van der Waals surface area contributed by atoms with E-state index in [4.69, 9.17) is 14.0 Å². The minimum Gasteiger partial charge on any atom is -0.398 e. The number of nitrogens with two attached hydrogens (primary N) is 1. The van der Waals surface area contributed by atoms with Gasteiger partial charge in [-0.25, -0.2) is 0 Å². The molecule has 0 unspecified atom stereocenters. The third-order valence-corrected chi connectivity index (χ3v) is 1.77. The topological polar surface area (TPSA) is 26.0 Å². The van der Waals surface area contributed by atoms with Gasteiger partial charge in [0.05, 0.1) is 0 Å². The van der Waals surface area contributed by atoms with Crippen molar-refractivity contribution < 1.29 is 8.22 Å². The van der Waals surface area contributed by atoms with Crippen molar-refractivity contribution in [3.8, 4) is 0 Å². The Balaban J connectivity index is 3.51. The fraction of sp³-hybridized carbons (Fsp3) is 0.250. The van der Waals surface area contributed by atoms with Gasteiger partial charge in [-0.1, -0.05) is 0 Å². The molecule has 0 fully saturated rings. The van der Waals surface area contributed by atoms with Gasteiger partial charge in [0, 0.05) is 17.5 Å². The van der Waals surface area contributed by atoms with Crippen molar-refractivity contribution >= 4 is 28.3 Å². The number of rotatable bonds is 0. The number of hydrogen-bond donors (Lipinski definition) is 1. The van der Waals surface area contributed by atoms with Crippen molar-refractivity contribution in [2.75, 3.05) is 5.73 Å². The second-order valence-corrected chi connectivity index (χ2v) is 3.16. The largest absolute Gasteiger partial charge is 0.398 e. The van der Waals surface area contributed by atoms with Crippen LogP contribution in [-0.2, 0) is 0 Å². The summed E-state index contributed by atoms with van der Waals surface area (Å²) in [7, 11) is 0. The Hall–Kier alpha value is -0.250. The number of benzene rings is 1. The first-order valence-electron chi connectivity index (χ1n) is 5.63. The van der Waals surface area contributed by atoms with Crippen LogP contribution in [0.4, 0.5) is 5.69 Å². The van der Waals surface area contributed by atoms with Crippen LogP contribution in [0.2, 0.25) is 0 Å². The van der Waals surface area contributed by atoms with Crippen molar-refractivity contribution in [3.05, 3.63) is 26.8 Å². The summed E-state index contributed by atoms with van der Waals surface area (Å²) in [6.45, 7) is -4.80. The summed E-state index contributed by atoms with van der Waals surface area (Å²) in [6.07, 6.45) is 0. The lowest BCUT2D eigenvalue weighted by molar-refractivity contribution is 1.37.